The molecule has 8 heteroatoms. The summed E-state index contributed by atoms with van der Waals surface area (Å²) in [5.41, 5.74) is -0.482. The number of fused-ring (bicyclic) bond motifs is 1. The fraction of sp³-hybridized carbons (Fsp3) is 0.750. The maximum atomic E-state index is 14.5. The van der Waals surface area contributed by atoms with Gasteiger partial charge in [-0.1, -0.05) is 32.4 Å². The molecule has 1 N–H and O–H groups in total. The highest BCUT2D eigenvalue weighted by atomic mass is 32.2. The zero-order valence-corrected chi connectivity index (χ0v) is 23.9. The Morgan fingerprint density at radius 1 is 1.22 bits per heavy atom. The minimum atomic E-state index is -0.741. The van der Waals surface area contributed by atoms with Crippen LogP contribution in [0.3, 0.4) is 0 Å². The Bertz CT molecular complexity index is 917. The second-order valence-corrected chi connectivity index (χ2v) is 13.9. The summed E-state index contributed by atoms with van der Waals surface area (Å²) in [4.78, 5) is 47.8. The maximum absolute atomic E-state index is 14.5. The molecule has 3 heterocycles. The smallest absolute Gasteiger partial charge is 0.247 e. The molecule has 3 rings (SSSR count). The van der Waals surface area contributed by atoms with Gasteiger partial charge in [0.2, 0.25) is 17.7 Å². The average Bonchev–Trinajstić information content (AvgIpc) is 3.37. The predicted molar refractivity (Wildman–Crippen MR) is 145 cm³/mol. The molecule has 3 fully saturated rings. The molecule has 0 saturated carbocycles. The Balaban J connectivity index is 2.20. The van der Waals surface area contributed by atoms with Crippen LogP contribution in [-0.2, 0) is 14.4 Å². The normalized spacial score (nSPS) is 32.7. The molecule has 3 amide bonds. The number of thioether (sulfide) groups is 1. The second-order valence-electron chi connectivity index (χ2n) is 12.0. The lowest BCUT2D eigenvalue weighted by Gasteiger charge is -2.44. The Morgan fingerprint density at radius 2 is 1.83 bits per heavy atom. The summed E-state index contributed by atoms with van der Waals surface area (Å²) in [5.74, 6) is -1.47. The third kappa shape index (κ3) is 4.32. The zero-order valence-electron chi connectivity index (χ0n) is 23.1. The highest BCUT2D eigenvalue weighted by molar-refractivity contribution is 8.02. The first-order valence-electron chi connectivity index (χ1n) is 13.2. The van der Waals surface area contributed by atoms with Crippen molar-refractivity contribution in [2.24, 2.45) is 17.8 Å². The number of likely N-dealkylation sites (N-methyl/N-ethyl adjacent to an activating group) is 1. The Kier molecular flexibility index (Phi) is 8.12. The van der Waals surface area contributed by atoms with E-state index in [4.69, 9.17) is 0 Å². The van der Waals surface area contributed by atoms with Crippen LogP contribution in [0, 0.1) is 17.8 Å². The predicted octanol–water partition coefficient (Wildman–Crippen LogP) is 3.33. The van der Waals surface area contributed by atoms with Crippen molar-refractivity contribution in [2.75, 3.05) is 26.7 Å². The fourth-order valence-corrected chi connectivity index (χ4v) is 9.01. The Morgan fingerprint density at radius 3 is 2.33 bits per heavy atom. The number of amides is 3. The monoisotopic (exact) mass is 519 g/mol. The molecule has 2 bridgehead atoms. The van der Waals surface area contributed by atoms with Crippen molar-refractivity contribution < 1.29 is 19.5 Å². The van der Waals surface area contributed by atoms with Crippen molar-refractivity contribution in [1.82, 2.24) is 14.7 Å². The first-order chi connectivity index (χ1) is 16.8. The lowest BCUT2D eigenvalue weighted by Crippen LogP contribution is -2.61. The highest BCUT2D eigenvalue weighted by Crippen LogP contribution is 2.72. The van der Waals surface area contributed by atoms with Crippen LogP contribution in [0.2, 0.25) is 0 Å². The Labute approximate surface area is 221 Å². The van der Waals surface area contributed by atoms with Crippen molar-refractivity contribution in [2.45, 2.75) is 87.9 Å². The maximum Gasteiger partial charge on any atom is 0.247 e. The lowest BCUT2D eigenvalue weighted by atomic mass is 9.66. The van der Waals surface area contributed by atoms with Gasteiger partial charge in [-0.15, -0.1) is 24.9 Å². The van der Waals surface area contributed by atoms with Gasteiger partial charge < -0.3 is 19.8 Å². The number of carbonyl (C=O) groups excluding carboxylic acids is 3. The summed E-state index contributed by atoms with van der Waals surface area (Å²) < 4.78 is -1.13. The number of hydrogen-bond acceptors (Lipinski definition) is 5. The molecule has 3 aliphatic rings. The second kappa shape index (κ2) is 10.2. The van der Waals surface area contributed by atoms with Gasteiger partial charge in [0.15, 0.2) is 0 Å². The van der Waals surface area contributed by atoms with E-state index in [-0.39, 0.29) is 30.2 Å². The number of nitrogens with zero attached hydrogens (tertiary/aromatic N) is 3. The SMILES string of the molecule is C=CCN(C)C(=O)[C@@H]1[C@H]2C(=O)N([C@@H](CO)[C@@H](C)CC)C(C(=O)N(CC=C)C(C)(C)C)C23CC[C@@]1(C)S3. The standard InChI is InChI=1S/C28H45N3O4S/c1-10-15-29(9)23(33)20-21-24(34)31(19(17-32)18(4)12-3)22(28(21)14-13-27(20,8)36-28)25(35)30(16-11-2)26(5,6)7/h10-11,18-22,32H,1-2,12-17H2,3-9H3/t18-,19-,20-,21-,22?,27+,28?/m0/s1. The zero-order chi connectivity index (χ0) is 27.2. The molecular weight excluding hydrogens is 474 g/mol. The molecule has 7 nitrogen and oxygen atoms in total. The minimum Gasteiger partial charge on any atom is -0.394 e. The van der Waals surface area contributed by atoms with Crippen LogP contribution >= 0.6 is 11.8 Å². The van der Waals surface area contributed by atoms with Crippen molar-refractivity contribution in [3.8, 4) is 0 Å². The topological polar surface area (TPSA) is 81.2 Å². The highest BCUT2D eigenvalue weighted by Gasteiger charge is 2.78. The van der Waals surface area contributed by atoms with Gasteiger partial charge in [-0.2, -0.15) is 0 Å². The van der Waals surface area contributed by atoms with Crippen LogP contribution in [-0.4, -0.2) is 91.4 Å². The van der Waals surface area contributed by atoms with Crippen LogP contribution in [0.4, 0.5) is 0 Å². The van der Waals surface area contributed by atoms with Gasteiger partial charge in [-0.05, 0) is 46.5 Å². The van der Waals surface area contributed by atoms with E-state index in [0.29, 0.717) is 19.5 Å². The van der Waals surface area contributed by atoms with Gasteiger partial charge in [0.05, 0.1) is 29.2 Å². The number of aliphatic hydroxyl groups is 1. The molecule has 3 saturated heterocycles. The molecule has 36 heavy (non-hydrogen) atoms. The van der Waals surface area contributed by atoms with E-state index in [0.717, 1.165) is 12.8 Å². The van der Waals surface area contributed by atoms with Gasteiger partial charge >= 0.3 is 0 Å². The average molecular weight is 520 g/mol. The van der Waals surface area contributed by atoms with E-state index in [1.54, 1.807) is 45.7 Å². The van der Waals surface area contributed by atoms with E-state index in [1.165, 1.54) is 0 Å². The summed E-state index contributed by atoms with van der Waals surface area (Å²) in [7, 11) is 1.75. The summed E-state index contributed by atoms with van der Waals surface area (Å²) in [5, 5.41) is 10.5. The Hall–Kier alpha value is -1.80. The van der Waals surface area contributed by atoms with E-state index < -0.39 is 39.0 Å². The molecule has 7 atom stereocenters. The van der Waals surface area contributed by atoms with Crippen LogP contribution in [0.1, 0.15) is 60.8 Å². The third-order valence-electron chi connectivity index (χ3n) is 8.73. The molecule has 0 radical (unpaired) electrons. The molecule has 0 aromatic heterocycles. The van der Waals surface area contributed by atoms with E-state index >= 15 is 0 Å². The van der Waals surface area contributed by atoms with E-state index in [9.17, 15) is 19.5 Å². The first-order valence-corrected chi connectivity index (χ1v) is 14.0. The minimum absolute atomic E-state index is 0.00217. The van der Waals surface area contributed by atoms with Gasteiger partial charge in [-0.3, -0.25) is 14.4 Å². The number of rotatable bonds is 10. The van der Waals surface area contributed by atoms with Gasteiger partial charge in [-0.25, -0.2) is 0 Å². The van der Waals surface area contributed by atoms with Gasteiger partial charge in [0.25, 0.3) is 0 Å². The van der Waals surface area contributed by atoms with Crippen LogP contribution in [0.25, 0.3) is 0 Å². The summed E-state index contributed by atoms with van der Waals surface area (Å²) in [6, 6.07) is -1.23. The molecule has 1 spiro atoms. The van der Waals surface area contributed by atoms with Crippen LogP contribution in [0.5, 0.6) is 0 Å². The summed E-state index contributed by atoms with van der Waals surface area (Å²) >= 11 is 1.67. The fourth-order valence-electron chi connectivity index (χ4n) is 6.68. The molecule has 0 aromatic rings. The third-order valence-corrected chi connectivity index (χ3v) is 10.7. The van der Waals surface area contributed by atoms with E-state index in [2.05, 4.69) is 20.1 Å². The van der Waals surface area contributed by atoms with Crippen molar-refractivity contribution in [1.29, 1.82) is 0 Å². The van der Waals surface area contributed by atoms with Crippen LogP contribution in [0.15, 0.2) is 25.3 Å². The number of carbonyl (C=O) groups is 3. The summed E-state index contributed by atoms with van der Waals surface area (Å²) in [6.07, 6.45) is 5.62. The van der Waals surface area contributed by atoms with Crippen molar-refractivity contribution >= 4 is 29.5 Å². The van der Waals surface area contributed by atoms with Gasteiger partial charge in [0, 0.05) is 30.4 Å². The molecule has 0 aromatic carbocycles. The number of hydrogen-bond donors (Lipinski definition) is 1. The molecule has 0 aliphatic carbocycles. The van der Waals surface area contributed by atoms with Crippen molar-refractivity contribution in [3.63, 3.8) is 0 Å². The van der Waals surface area contributed by atoms with Crippen LogP contribution < -0.4 is 0 Å². The largest absolute Gasteiger partial charge is 0.394 e. The number of aliphatic hydroxyl groups excluding tert-OH is 1. The molecular formula is C28H45N3O4S. The first kappa shape index (κ1) is 28.8. The molecule has 202 valence electrons. The van der Waals surface area contributed by atoms with Gasteiger partial charge in [0.1, 0.15) is 6.04 Å². The van der Waals surface area contributed by atoms with Crippen molar-refractivity contribution in [3.05, 3.63) is 25.3 Å². The molecule has 2 unspecified atom stereocenters. The summed E-state index contributed by atoms with van der Waals surface area (Å²) in [6.45, 7) is 20.3. The molecule has 3 aliphatic heterocycles. The van der Waals surface area contributed by atoms with E-state index in [1.807, 2.05) is 34.6 Å². The quantitative estimate of drug-likeness (QED) is 0.448. The lowest BCUT2D eigenvalue weighted by molar-refractivity contribution is -0.150. The number of likely N-dealkylation sites (tertiary alicyclic amines) is 1.